The van der Waals surface area contributed by atoms with Crippen LogP contribution in [0.4, 0.5) is 10.7 Å². The molecule has 2 aliphatic rings. The molecule has 0 saturated carbocycles. The number of hydroxylamine groups is 2. The van der Waals surface area contributed by atoms with E-state index in [1.54, 1.807) is 28.9 Å². The summed E-state index contributed by atoms with van der Waals surface area (Å²) in [6, 6.07) is 14.6. The minimum atomic E-state index is -0.809. The molecule has 1 saturated heterocycles. The molecule has 10 heteroatoms. The fourth-order valence-electron chi connectivity index (χ4n) is 5.05. The van der Waals surface area contributed by atoms with Crippen molar-refractivity contribution in [3.05, 3.63) is 76.8 Å². The largest absolute Gasteiger partial charge is 0.527 e. The van der Waals surface area contributed by atoms with Crippen molar-refractivity contribution in [3.63, 3.8) is 0 Å². The summed E-state index contributed by atoms with van der Waals surface area (Å²) in [5, 5.41) is 12.8. The van der Waals surface area contributed by atoms with Gasteiger partial charge in [0.15, 0.2) is 0 Å². The van der Waals surface area contributed by atoms with Gasteiger partial charge >= 0.3 is 6.16 Å². The Morgan fingerprint density at radius 2 is 1.89 bits per heavy atom. The number of pyridine rings is 1. The van der Waals surface area contributed by atoms with Crippen LogP contribution in [0.5, 0.6) is 0 Å². The third-order valence-corrected chi connectivity index (χ3v) is 6.88. The van der Waals surface area contributed by atoms with E-state index in [4.69, 9.17) is 14.6 Å². The standard InChI is InChI=1S/C26H29N5O5/c1-2-35-25(34)36-29-14-10-26(18-29)11-15-30-23(33)16-21(19-8-12-27-13-9-19)28-24(30)31(26)17-22(32)20-6-4-3-5-7-20/h3-9,12-13,16,22,32H,2,10-11,14-15,17-18H2,1H3/t22-,26?/m1/s1. The summed E-state index contributed by atoms with van der Waals surface area (Å²) in [4.78, 5) is 41.5. The van der Waals surface area contributed by atoms with E-state index in [2.05, 4.69) is 4.98 Å². The molecule has 3 aromatic rings. The van der Waals surface area contributed by atoms with Crippen molar-refractivity contribution in [1.29, 1.82) is 0 Å². The predicted molar refractivity (Wildman–Crippen MR) is 132 cm³/mol. The minimum absolute atomic E-state index is 0.154. The van der Waals surface area contributed by atoms with Gasteiger partial charge < -0.3 is 19.6 Å². The molecule has 1 spiro atoms. The minimum Gasteiger partial charge on any atom is -0.433 e. The van der Waals surface area contributed by atoms with Crippen LogP contribution >= 0.6 is 0 Å². The number of fused-ring (bicyclic) bond motifs is 1. The summed E-state index contributed by atoms with van der Waals surface area (Å²) in [7, 11) is 0. The van der Waals surface area contributed by atoms with Crippen molar-refractivity contribution in [3.8, 4) is 11.3 Å². The van der Waals surface area contributed by atoms with E-state index in [0.717, 1.165) is 11.1 Å². The molecule has 2 aliphatic heterocycles. The maximum absolute atomic E-state index is 13.2. The average Bonchev–Trinajstić information content (AvgIpc) is 3.29. The Bertz CT molecular complexity index is 1270. The molecule has 188 valence electrons. The second kappa shape index (κ2) is 10.1. The number of benzene rings is 1. The molecule has 1 N–H and O–H groups in total. The molecular weight excluding hydrogens is 462 g/mol. The highest BCUT2D eigenvalue weighted by Crippen LogP contribution is 2.40. The lowest BCUT2D eigenvalue weighted by atomic mass is 9.89. The van der Waals surface area contributed by atoms with Crippen molar-refractivity contribution in [2.24, 2.45) is 0 Å². The van der Waals surface area contributed by atoms with Crippen LogP contribution in [0.25, 0.3) is 11.3 Å². The molecule has 36 heavy (non-hydrogen) atoms. The van der Waals surface area contributed by atoms with Gasteiger partial charge in [0.1, 0.15) is 0 Å². The van der Waals surface area contributed by atoms with E-state index in [9.17, 15) is 14.7 Å². The van der Waals surface area contributed by atoms with Gasteiger partial charge in [0.05, 0.1) is 37.0 Å². The summed E-state index contributed by atoms with van der Waals surface area (Å²) in [6.45, 7) is 3.56. The summed E-state index contributed by atoms with van der Waals surface area (Å²) >= 11 is 0. The van der Waals surface area contributed by atoms with Crippen LogP contribution in [0.1, 0.15) is 31.4 Å². The Kier molecular flexibility index (Phi) is 6.71. The zero-order chi connectivity index (χ0) is 25.1. The summed E-state index contributed by atoms with van der Waals surface area (Å²) in [5.41, 5.74) is 1.46. The Morgan fingerprint density at radius 1 is 1.14 bits per heavy atom. The highest BCUT2D eigenvalue weighted by Gasteiger charge is 2.49. The van der Waals surface area contributed by atoms with E-state index >= 15 is 0 Å². The zero-order valence-corrected chi connectivity index (χ0v) is 20.1. The van der Waals surface area contributed by atoms with E-state index in [0.29, 0.717) is 44.1 Å². The number of hydrogen-bond donors (Lipinski definition) is 1. The Morgan fingerprint density at radius 3 is 2.64 bits per heavy atom. The van der Waals surface area contributed by atoms with Crippen LogP contribution in [-0.4, -0.2) is 62.6 Å². The third kappa shape index (κ3) is 4.69. The second-order valence-electron chi connectivity index (χ2n) is 9.07. The molecule has 5 rings (SSSR count). The molecule has 1 unspecified atom stereocenters. The van der Waals surface area contributed by atoms with Crippen LogP contribution in [0.2, 0.25) is 0 Å². The molecule has 2 aromatic heterocycles. The molecule has 10 nitrogen and oxygen atoms in total. The van der Waals surface area contributed by atoms with Gasteiger partial charge in [-0.15, -0.1) is 5.06 Å². The first kappa shape index (κ1) is 24.0. The second-order valence-corrected chi connectivity index (χ2v) is 9.07. The Balaban J connectivity index is 1.53. The van der Waals surface area contributed by atoms with Gasteiger partial charge in [-0.2, -0.15) is 0 Å². The van der Waals surface area contributed by atoms with Gasteiger partial charge in [-0.25, -0.2) is 9.78 Å². The number of carbonyl (C=O) groups is 1. The van der Waals surface area contributed by atoms with Gasteiger partial charge in [-0.05, 0) is 37.5 Å². The predicted octanol–water partition coefficient (Wildman–Crippen LogP) is 2.78. The van der Waals surface area contributed by atoms with Crippen LogP contribution in [0, 0.1) is 0 Å². The van der Waals surface area contributed by atoms with Gasteiger partial charge in [0, 0.05) is 37.1 Å². The number of nitrogens with zero attached hydrogens (tertiary/aromatic N) is 5. The highest BCUT2D eigenvalue weighted by molar-refractivity contribution is 5.61. The maximum Gasteiger partial charge on any atom is 0.527 e. The lowest BCUT2D eigenvalue weighted by Crippen LogP contribution is -2.58. The first-order chi connectivity index (χ1) is 17.5. The van der Waals surface area contributed by atoms with E-state index < -0.39 is 17.8 Å². The average molecular weight is 492 g/mol. The molecule has 1 aromatic carbocycles. The van der Waals surface area contributed by atoms with E-state index in [1.807, 2.05) is 47.4 Å². The van der Waals surface area contributed by atoms with E-state index in [1.165, 1.54) is 6.07 Å². The van der Waals surface area contributed by atoms with Crippen LogP contribution in [-0.2, 0) is 16.1 Å². The highest BCUT2D eigenvalue weighted by atomic mass is 16.8. The number of anilines is 1. The number of carbonyl (C=O) groups excluding carboxylic acids is 1. The first-order valence-electron chi connectivity index (χ1n) is 12.1. The summed E-state index contributed by atoms with van der Waals surface area (Å²) in [5.74, 6) is 0.494. The topological polar surface area (TPSA) is 110 Å². The van der Waals surface area contributed by atoms with Gasteiger partial charge in [-0.3, -0.25) is 14.3 Å². The van der Waals surface area contributed by atoms with Crippen molar-refractivity contribution in [2.75, 3.05) is 31.1 Å². The van der Waals surface area contributed by atoms with Crippen LogP contribution in [0.15, 0.2) is 65.7 Å². The van der Waals surface area contributed by atoms with Crippen LogP contribution in [0.3, 0.4) is 0 Å². The monoisotopic (exact) mass is 491 g/mol. The molecule has 0 bridgehead atoms. The van der Waals surface area contributed by atoms with Crippen molar-refractivity contribution in [2.45, 2.75) is 38.0 Å². The van der Waals surface area contributed by atoms with Crippen molar-refractivity contribution >= 4 is 12.1 Å². The summed E-state index contributed by atoms with van der Waals surface area (Å²) in [6.07, 6.45) is 3.08. The molecule has 1 fully saturated rings. The molecule has 4 heterocycles. The molecular formula is C26H29N5O5. The quantitative estimate of drug-likeness (QED) is 0.521. The Hall–Kier alpha value is -3.76. The van der Waals surface area contributed by atoms with Gasteiger partial charge in [0.25, 0.3) is 5.56 Å². The number of β-amino-alcohol motifs (C(OH)–C–C–N with tert-alkyl or cyclic N) is 1. The smallest absolute Gasteiger partial charge is 0.433 e. The molecule has 0 radical (unpaired) electrons. The lowest BCUT2D eigenvalue weighted by molar-refractivity contribution is -0.115. The number of aliphatic hydroxyl groups excluding tert-OH is 1. The fourth-order valence-corrected chi connectivity index (χ4v) is 5.05. The fraction of sp³-hybridized carbons (Fsp3) is 0.385. The Labute approximate surface area is 208 Å². The van der Waals surface area contributed by atoms with Gasteiger partial charge in [-0.1, -0.05) is 30.3 Å². The third-order valence-electron chi connectivity index (χ3n) is 6.88. The van der Waals surface area contributed by atoms with Crippen molar-refractivity contribution < 1.29 is 19.5 Å². The summed E-state index contributed by atoms with van der Waals surface area (Å²) < 4.78 is 6.60. The zero-order valence-electron chi connectivity index (χ0n) is 20.1. The number of aromatic nitrogens is 3. The normalized spacial score (nSPS) is 20.2. The molecule has 2 atom stereocenters. The first-order valence-corrected chi connectivity index (χ1v) is 12.1. The molecule has 0 aliphatic carbocycles. The number of hydrogen-bond acceptors (Lipinski definition) is 9. The van der Waals surface area contributed by atoms with Crippen molar-refractivity contribution in [1.82, 2.24) is 19.6 Å². The van der Waals surface area contributed by atoms with Crippen LogP contribution < -0.4 is 10.5 Å². The van der Waals surface area contributed by atoms with E-state index in [-0.39, 0.29) is 18.7 Å². The maximum atomic E-state index is 13.2. The number of aliphatic hydroxyl groups is 1. The number of ether oxygens (including phenoxy) is 1. The number of rotatable bonds is 6. The van der Waals surface area contributed by atoms with Gasteiger partial charge in [0.2, 0.25) is 5.95 Å². The molecule has 0 amide bonds. The lowest BCUT2D eigenvalue weighted by Gasteiger charge is -2.47. The SMILES string of the molecule is CCOC(=O)ON1CCC2(CCn3c(nc(-c4ccncc4)cc3=O)N2C[C@@H](O)c2ccccc2)C1.